The van der Waals surface area contributed by atoms with Gasteiger partial charge in [-0.2, -0.15) is 5.10 Å². The highest BCUT2D eigenvalue weighted by Crippen LogP contribution is 2.86. The summed E-state index contributed by atoms with van der Waals surface area (Å²) in [6.07, 6.45) is 12.3. The summed E-state index contributed by atoms with van der Waals surface area (Å²) in [7, 11) is 0. The number of thiazole rings is 1. The molecule has 0 radical (unpaired) electrons. The number of aryl methyl sites for hydroxylation is 2. The van der Waals surface area contributed by atoms with Crippen molar-refractivity contribution < 1.29 is 18.7 Å². The molecular formula is C50H62FN11O4S. The minimum Gasteiger partial charge on any atom is -0.377 e. The number of amides is 2. The van der Waals surface area contributed by atoms with Crippen LogP contribution in [0.15, 0.2) is 47.3 Å². The Labute approximate surface area is 394 Å². The minimum atomic E-state index is -0.595. The largest absolute Gasteiger partial charge is 0.377 e. The monoisotopic (exact) mass is 931 g/mol. The van der Waals surface area contributed by atoms with Gasteiger partial charge in [-0.05, 0) is 94.0 Å². The van der Waals surface area contributed by atoms with E-state index in [1.54, 1.807) is 34.1 Å². The third kappa shape index (κ3) is 8.86. The number of benzene rings is 2. The quantitative estimate of drug-likeness (QED) is 0.134. The second-order valence-electron chi connectivity index (χ2n) is 20.0. The lowest BCUT2D eigenvalue weighted by Gasteiger charge is -2.35. The van der Waals surface area contributed by atoms with Crippen LogP contribution in [0.4, 0.5) is 4.39 Å². The van der Waals surface area contributed by atoms with Crippen molar-refractivity contribution in [2.75, 3.05) is 72.1 Å². The zero-order chi connectivity index (χ0) is 45.7. The van der Waals surface area contributed by atoms with Crippen molar-refractivity contribution in [3.05, 3.63) is 103 Å². The number of nitrogens with zero attached hydrogens (tertiary/aromatic N) is 9. The number of hydrogen-bond donors (Lipinski definition) is 2. The van der Waals surface area contributed by atoms with E-state index >= 15 is 4.39 Å². The Morgan fingerprint density at radius 3 is 2.57 bits per heavy atom. The summed E-state index contributed by atoms with van der Waals surface area (Å²) < 4.78 is 23.7. The summed E-state index contributed by atoms with van der Waals surface area (Å²) in [4.78, 5) is 54.2. The van der Waals surface area contributed by atoms with Gasteiger partial charge >= 0.3 is 0 Å². The van der Waals surface area contributed by atoms with E-state index in [1.165, 1.54) is 71.8 Å². The molecule has 1 atom stereocenters. The van der Waals surface area contributed by atoms with Gasteiger partial charge in [-0.15, -0.1) is 21.5 Å². The molecule has 5 fully saturated rings. The van der Waals surface area contributed by atoms with Crippen molar-refractivity contribution in [2.24, 2.45) is 5.41 Å². The lowest BCUT2D eigenvalue weighted by molar-refractivity contribution is -0.131. The van der Waals surface area contributed by atoms with Crippen molar-refractivity contribution in [2.45, 2.75) is 108 Å². The lowest BCUT2D eigenvalue weighted by Crippen LogP contribution is -2.52. The number of likely N-dealkylation sites (tertiary alicyclic amines) is 2. The second kappa shape index (κ2) is 18.5. The fourth-order valence-electron chi connectivity index (χ4n) is 11.8. The summed E-state index contributed by atoms with van der Waals surface area (Å²) in [5.41, 5.74) is 3.12. The number of aromatic nitrogens is 6. The van der Waals surface area contributed by atoms with Gasteiger partial charge in [0.05, 0.1) is 54.2 Å². The first-order chi connectivity index (χ1) is 32.7. The number of carbonyl (C=O) groups excluding carboxylic acids is 2. The lowest BCUT2D eigenvalue weighted by atomic mass is 10.0. The first kappa shape index (κ1) is 44.6. The van der Waals surface area contributed by atoms with Crippen molar-refractivity contribution >= 4 is 33.9 Å². The van der Waals surface area contributed by atoms with Crippen LogP contribution in [0.1, 0.15) is 113 Å². The molecule has 2 saturated carbocycles. The molecule has 11 rings (SSSR count). The smallest absolute Gasteiger partial charge is 0.272 e. The molecule has 5 aromatic rings. The SMILES string of the molecule is Cc1sc(CN2CCCC2c2nnc3n2CCCCC3)nc1C12CC1(CN1CCC(OCCNCC(=O)N3CCN(C(=O)c4cc(Cc5n[nH]c(=O)c6ccccc56)ccc4F)CC3)CC1)C2. The van der Waals surface area contributed by atoms with E-state index < -0.39 is 11.7 Å². The number of H-pyrrole nitrogens is 1. The molecule has 2 aromatic carbocycles. The predicted octanol–water partition coefficient (Wildman–Crippen LogP) is 5.16. The number of aromatic amines is 1. The van der Waals surface area contributed by atoms with E-state index in [9.17, 15) is 14.4 Å². The molecule has 0 bridgehead atoms. The van der Waals surface area contributed by atoms with Crippen molar-refractivity contribution in [3.8, 4) is 0 Å². The molecule has 2 N–H and O–H groups in total. The first-order valence-electron chi connectivity index (χ1n) is 24.7. The van der Waals surface area contributed by atoms with Crippen LogP contribution < -0.4 is 10.9 Å². The van der Waals surface area contributed by atoms with Crippen LogP contribution in [0.5, 0.6) is 0 Å². The van der Waals surface area contributed by atoms with E-state index in [-0.39, 0.29) is 35.1 Å². The molecule has 15 nitrogen and oxygen atoms in total. The topological polar surface area (TPSA) is 158 Å². The Morgan fingerprint density at radius 1 is 0.925 bits per heavy atom. The predicted molar refractivity (Wildman–Crippen MR) is 252 cm³/mol. The van der Waals surface area contributed by atoms with E-state index in [1.807, 2.05) is 23.5 Å². The zero-order valence-electron chi connectivity index (χ0n) is 38.6. The Bertz CT molecular complexity index is 2700. The van der Waals surface area contributed by atoms with Gasteiger partial charge in [0.2, 0.25) is 5.91 Å². The minimum absolute atomic E-state index is 0.0127. The molecule has 354 valence electrons. The standard InChI is InChI=1S/C50H62FN11O4S/c1-33-45(53-43(67-33)29-61-17-7-10-41(61)46-56-55-42-11-3-2-6-18-62(42)46)50-30-49(50,31-50)32-58-19-14-35(15-20-58)66-25-16-52-28-44(63)59-21-23-60(24-22-59)48(65)38-26-34(12-13-39(38)51)27-40-36-8-4-5-9-37(36)47(64)57-54-40/h4-5,8-9,12-13,26,35,41,52H,2-3,6-7,10-11,14-25,27-32H2,1H3,(H,57,64). The molecule has 6 aliphatic rings. The van der Waals surface area contributed by atoms with Crippen LogP contribution in [0, 0.1) is 18.2 Å². The molecule has 1 unspecified atom stereocenters. The molecule has 4 aliphatic heterocycles. The Hall–Kier alpha value is -4.94. The summed E-state index contributed by atoms with van der Waals surface area (Å²) in [5.74, 6) is 1.33. The summed E-state index contributed by atoms with van der Waals surface area (Å²) >= 11 is 1.91. The summed E-state index contributed by atoms with van der Waals surface area (Å²) in [6, 6.07) is 12.0. The van der Waals surface area contributed by atoms with E-state index in [4.69, 9.17) is 14.8 Å². The third-order valence-corrected chi connectivity index (χ3v) is 16.7. The van der Waals surface area contributed by atoms with Crippen LogP contribution >= 0.6 is 11.3 Å². The van der Waals surface area contributed by atoms with Gasteiger partial charge < -0.3 is 29.3 Å². The van der Waals surface area contributed by atoms with Gasteiger partial charge in [0.15, 0.2) is 0 Å². The average Bonchev–Trinajstić information content (AvgIpc) is 3.87. The van der Waals surface area contributed by atoms with Crippen molar-refractivity contribution in [1.29, 1.82) is 0 Å². The van der Waals surface area contributed by atoms with Gasteiger partial charge in [-0.25, -0.2) is 14.5 Å². The number of halogens is 1. The van der Waals surface area contributed by atoms with Crippen LogP contribution in [0.2, 0.25) is 0 Å². The van der Waals surface area contributed by atoms with Gasteiger partial charge in [-0.1, -0.05) is 30.7 Å². The van der Waals surface area contributed by atoms with Crippen molar-refractivity contribution in [3.63, 3.8) is 0 Å². The Balaban J connectivity index is 0.581. The molecule has 3 aromatic heterocycles. The summed E-state index contributed by atoms with van der Waals surface area (Å²) in [6.45, 7) is 11.4. The summed E-state index contributed by atoms with van der Waals surface area (Å²) in [5, 5.41) is 21.9. The number of ether oxygens (including phenoxy) is 1. The number of nitrogens with one attached hydrogen (secondary N) is 2. The Kier molecular flexibility index (Phi) is 12.3. The molecule has 7 heterocycles. The maximum atomic E-state index is 15.0. The van der Waals surface area contributed by atoms with Gasteiger partial charge in [0.1, 0.15) is 22.5 Å². The van der Waals surface area contributed by atoms with E-state index in [0.717, 1.165) is 65.0 Å². The highest BCUT2D eigenvalue weighted by atomic mass is 32.1. The fraction of sp³-hybridized carbons (Fsp3) is 0.580. The van der Waals surface area contributed by atoms with Gasteiger partial charge in [0.25, 0.3) is 11.5 Å². The van der Waals surface area contributed by atoms with Gasteiger partial charge in [-0.3, -0.25) is 19.3 Å². The molecule has 2 aliphatic carbocycles. The van der Waals surface area contributed by atoms with E-state index in [2.05, 4.69) is 41.9 Å². The highest BCUT2D eigenvalue weighted by molar-refractivity contribution is 7.11. The molecular weight excluding hydrogens is 870 g/mol. The number of carbonyl (C=O) groups is 2. The van der Waals surface area contributed by atoms with Gasteiger partial charge in [0, 0.05) is 87.4 Å². The second-order valence-corrected chi connectivity index (χ2v) is 21.3. The third-order valence-electron chi connectivity index (χ3n) is 15.8. The van der Waals surface area contributed by atoms with Crippen LogP contribution in [-0.2, 0) is 40.9 Å². The number of piperazine rings is 1. The van der Waals surface area contributed by atoms with Crippen molar-refractivity contribution in [1.82, 2.24) is 54.9 Å². The molecule has 0 spiro atoms. The maximum absolute atomic E-state index is 15.0. The normalized spacial score (nSPS) is 24.5. The molecule has 2 amide bonds. The maximum Gasteiger partial charge on any atom is 0.272 e. The number of fused-ring (bicyclic) bond motifs is 3. The molecule has 67 heavy (non-hydrogen) atoms. The van der Waals surface area contributed by atoms with Crippen LogP contribution in [-0.4, -0.2) is 140 Å². The van der Waals surface area contributed by atoms with Crippen LogP contribution in [0.3, 0.4) is 0 Å². The average molecular weight is 932 g/mol. The zero-order valence-corrected chi connectivity index (χ0v) is 39.4. The Morgan fingerprint density at radius 2 is 1.73 bits per heavy atom. The highest BCUT2D eigenvalue weighted by Gasteiger charge is 2.84. The number of piperidine rings is 1. The number of rotatable bonds is 15. The molecule has 17 heteroatoms. The first-order valence-corrected chi connectivity index (χ1v) is 25.5. The van der Waals surface area contributed by atoms with E-state index in [0.29, 0.717) is 79.2 Å². The fourth-order valence-corrected chi connectivity index (χ4v) is 12.9. The molecule has 3 saturated heterocycles. The van der Waals surface area contributed by atoms with Crippen LogP contribution in [0.25, 0.3) is 10.8 Å². The number of hydrogen-bond acceptors (Lipinski definition) is 12.